The lowest BCUT2D eigenvalue weighted by Crippen LogP contribution is -2.43. The van der Waals surface area contributed by atoms with E-state index in [0.29, 0.717) is 41.1 Å². The number of carbonyl (C=O) groups excluding carboxylic acids is 1. The highest BCUT2D eigenvalue weighted by Crippen LogP contribution is 2.38. The van der Waals surface area contributed by atoms with Crippen LogP contribution in [0.1, 0.15) is 6.92 Å². The van der Waals surface area contributed by atoms with E-state index in [2.05, 4.69) is 36.5 Å². The molecule has 0 spiro atoms. The van der Waals surface area contributed by atoms with Gasteiger partial charge in [-0.2, -0.15) is 0 Å². The second kappa shape index (κ2) is 9.53. The monoisotopic (exact) mass is 548 g/mol. The van der Waals surface area contributed by atoms with Crippen molar-refractivity contribution in [2.45, 2.75) is 31.3 Å². The summed E-state index contributed by atoms with van der Waals surface area (Å²) in [5, 5.41) is 7.50. The Morgan fingerprint density at radius 3 is 2.74 bits per heavy atom. The zero-order chi connectivity index (χ0) is 23.8. The van der Waals surface area contributed by atoms with Crippen molar-refractivity contribution in [1.29, 1.82) is 0 Å². The second-order valence-electron chi connectivity index (χ2n) is 8.06. The van der Waals surface area contributed by atoms with E-state index in [1.54, 1.807) is 13.2 Å². The van der Waals surface area contributed by atoms with E-state index in [0.717, 1.165) is 15.5 Å². The quantitative estimate of drug-likeness (QED) is 0.478. The number of halogens is 2. The molecular formula is C23H22BrClN4O5. The molecule has 5 rings (SSSR count). The summed E-state index contributed by atoms with van der Waals surface area (Å²) in [5.41, 5.74) is 1.46. The lowest BCUT2D eigenvalue weighted by Gasteiger charge is -2.20. The summed E-state index contributed by atoms with van der Waals surface area (Å²) in [6.07, 6.45) is 0.589. The van der Waals surface area contributed by atoms with Gasteiger partial charge in [-0.3, -0.25) is 4.79 Å². The minimum absolute atomic E-state index is 0.118. The van der Waals surface area contributed by atoms with Crippen molar-refractivity contribution in [3.05, 3.63) is 46.2 Å². The summed E-state index contributed by atoms with van der Waals surface area (Å²) in [4.78, 5) is 20.2. The van der Waals surface area contributed by atoms with Gasteiger partial charge in [0.05, 0.1) is 36.9 Å². The highest BCUT2D eigenvalue weighted by molar-refractivity contribution is 9.10. The Balaban J connectivity index is 1.40. The fraction of sp³-hybridized carbons (Fsp3) is 0.348. The first-order chi connectivity index (χ1) is 16.4. The van der Waals surface area contributed by atoms with E-state index in [-0.39, 0.29) is 30.3 Å². The van der Waals surface area contributed by atoms with Gasteiger partial charge in [0.15, 0.2) is 17.6 Å². The van der Waals surface area contributed by atoms with Crippen molar-refractivity contribution in [3.63, 3.8) is 0 Å². The maximum atomic E-state index is 11.4. The van der Waals surface area contributed by atoms with Crippen LogP contribution in [0.15, 0.2) is 41.1 Å². The Bertz CT molecular complexity index is 1250. The fourth-order valence-electron chi connectivity index (χ4n) is 4.24. The predicted molar refractivity (Wildman–Crippen MR) is 130 cm³/mol. The highest BCUT2D eigenvalue weighted by atomic mass is 79.9. The van der Waals surface area contributed by atoms with Crippen LogP contribution in [0.2, 0.25) is 5.02 Å². The van der Waals surface area contributed by atoms with Crippen molar-refractivity contribution in [2.24, 2.45) is 0 Å². The molecule has 1 amide bonds. The molecule has 0 radical (unpaired) electrons. The summed E-state index contributed by atoms with van der Waals surface area (Å²) in [6, 6.07) is 9.01. The van der Waals surface area contributed by atoms with E-state index in [9.17, 15) is 4.79 Å². The molecule has 2 fully saturated rings. The van der Waals surface area contributed by atoms with Crippen LogP contribution in [0.5, 0.6) is 11.5 Å². The summed E-state index contributed by atoms with van der Waals surface area (Å²) < 4.78 is 24.5. The maximum absolute atomic E-state index is 11.4. The van der Waals surface area contributed by atoms with Gasteiger partial charge in [0.1, 0.15) is 24.4 Å². The van der Waals surface area contributed by atoms with Gasteiger partial charge in [0.25, 0.3) is 0 Å². The van der Waals surface area contributed by atoms with Crippen molar-refractivity contribution in [2.75, 3.05) is 25.6 Å². The maximum Gasteiger partial charge on any atom is 0.217 e. The average Bonchev–Trinajstić information content (AvgIpc) is 3.39. The molecule has 2 saturated heterocycles. The SMILES string of the molecule is COc1cc2c(Nc3ccc(Br)c(Cl)c3)ncnc2cc1O[C@H]1CO[C@H]2[C@@H]1OC[C@@H]2NC(C)=O. The fourth-order valence-corrected chi connectivity index (χ4v) is 4.67. The zero-order valence-corrected chi connectivity index (χ0v) is 20.7. The molecule has 2 N–H and O–H groups in total. The van der Waals surface area contributed by atoms with Crippen LogP contribution in [0.25, 0.3) is 10.9 Å². The number of anilines is 2. The number of carbonyl (C=O) groups is 1. The van der Waals surface area contributed by atoms with Gasteiger partial charge in [0.2, 0.25) is 5.91 Å². The zero-order valence-electron chi connectivity index (χ0n) is 18.4. The number of benzene rings is 2. The third kappa shape index (κ3) is 4.50. The number of aromatic nitrogens is 2. The lowest BCUT2D eigenvalue weighted by molar-refractivity contribution is -0.120. The van der Waals surface area contributed by atoms with Crippen LogP contribution in [-0.2, 0) is 14.3 Å². The Morgan fingerprint density at radius 1 is 1.15 bits per heavy atom. The highest BCUT2D eigenvalue weighted by Gasteiger charge is 2.49. The summed E-state index contributed by atoms with van der Waals surface area (Å²) in [6.45, 7) is 2.20. The first-order valence-electron chi connectivity index (χ1n) is 10.6. The van der Waals surface area contributed by atoms with Gasteiger partial charge in [-0.15, -0.1) is 0 Å². The van der Waals surface area contributed by atoms with Crippen molar-refractivity contribution in [1.82, 2.24) is 15.3 Å². The van der Waals surface area contributed by atoms with Crippen molar-refractivity contribution in [3.8, 4) is 11.5 Å². The van der Waals surface area contributed by atoms with Crippen LogP contribution in [0.4, 0.5) is 11.5 Å². The molecule has 3 heterocycles. The van der Waals surface area contributed by atoms with Crippen LogP contribution in [0, 0.1) is 0 Å². The third-order valence-electron chi connectivity index (χ3n) is 5.78. The Morgan fingerprint density at radius 2 is 1.97 bits per heavy atom. The summed E-state index contributed by atoms with van der Waals surface area (Å²) in [7, 11) is 1.58. The minimum Gasteiger partial charge on any atom is -0.493 e. The number of hydrogen-bond acceptors (Lipinski definition) is 8. The van der Waals surface area contributed by atoms with Gasteiger partial charge < -0.3 is 29.6 Å². The van der Waals surface area contributed by atoms with Gasteiger partial charge in [-0.05, 0) is 40.2 Å². The van der Waals surface area contributed by atoms with Crippen molar-refractivity contribution < 1.29 is 23.7 Å². The Kier molecular flexibility index (Phi) is 6.48. The smallest absolute Gasteiger partial charge is 0.217 e. The Hall–Kier alpha value is -2.66. The number of hydrogen-bond donors (Lipinski definition) is 2. The molecule has 1 aromatic heterocycles. The van der Waals surface area contributed by atoms with Gasteiger partial charge in [0, 0.05) is 28.5 Å². The summed E-state index contributed by atoms with van der Waals surface area (Å²) in [5.74, 6) is 1.54. The predicted octanol–water partition coefficient (Wildman–Crippen LogP) is 3.85. The number of ether oxygens (including phenoxy) is 4. The van der Waals surface area contributed by atoms with E-state index >= 15 is 0 Å². The van der Waals surface area contributed by atoms with Crippen molar-refractivity contribution >= 4 is 55.8 Å². The van der Waals surface area contributed by atoms with Gasteiger partial charge >= 0.3 is 0 Å². The molecule has 2 aliphatic heterocycles. The lowest BCUT2D eigenvalue weighted by atomic mass is 10.1. The molecule has 11 heteroatoms. The normalized spacial score (nSPS) is 23.5. The standard InChI is InChI=1S/C23H22BrClN4O5/c1-11(30)28-17-8-32-22-20(9-33-21(17)22)34-19-7-16-13(6-18(19)31-2)23(27-10-26-16)29-12-3-4-14(24)15(25)5-12/h3-7,10,17,20-22H,8-9H2,1-2H3,(H,28,30)(H,26,27,29)/t17-,20-,21+,22+/m0/s1. The molecule has 0 saturated carbocycles. The van der Waals surface area contributed by atoms with Crippen LogP contribution in [-0.4, -0.2) is 60.6 Å². The average molecular weight is 550 g/mol. The molecule has 2 aromatic carbocycles. The molecule has 3 aromatic rings. The molecule has 178 valence electrons. The number of nitrogens with one attached hydrogen (secondary N) is 2. The number of fused-ring (bicyclic) bond motifs is 2. The molecule has 4 atom stereocenters. The van der Waals surface area contributed by atoms with Crippen LogP contribution < -0.4 is 20.1 Å². The third-order valence-corrected chi connectivity index (χ3v) is 7.01. The molecule has 0 aliphatic carbocycles. The molecule has 2 aliphatic rings. The molecular weight excluding hydrogens is 528 g/mol. The summed E-state index contributed by atoms with van der Waals surface area (Å²) >= 11 is 9.62. The minimum atomic E-state index is -0.348. The van der Waals surface area contributed by atoms with E-state index in [1.807, 2.05) is 24.3 Å². The molecule has 0 unspecified atom stereocenters. The number of amides is 1. The molecule has 9 nitrogen and oxygen atoms in total. The second-order valence-corrected chi connectivity index (χ2v) is 9.32. The van der Waals surface area contributed by atoms with Crippen LogP contribution in [0.3, 0.4) is 0 Å². The topological polar surface area (TPSA) is 104 Å². The number of methoxy groups -OCH3 is 1. The Labute approximate surface area is 209 Å². The van der Waals surface area contributed by atoms with Crippen LogP contribution >= 0.6 is 27.5 Å². The number of nitrogens with zero attached hydrogens (tertiary/aromatic N) is 2. The molecule has 0 bridgehead atoms. The van der Waals surface area contributed by atoms with Gasteiger partial charge in [-0.1, -0.05) is 11.6 Å². The number of rotatable bonds is 6. The largest absolute Gasteiger partial charge is 0.493 e. The van der Waals surface area contributed by atoms with E-state index in [4.69, 9.17) is 30.5 Å². The van der Waals surface area contributed by atoms with Gasteiger partial charge in [-0.25, -0.2) is 9.97 Å². The molecule has 34 heavy (non-hydrogen) atoms. The first-order valence-corrected chi connectivity index (χ1v) is 11.8. The van der Waals surface area contributed by atoms with E-state index < -0.39 is 0 Å². The van der Waals surface area contributed by atoms with E-state index in [1.165, 1.54) is 13.3 Å². The first kappa shape index (κ1) is 23.1.